The van der Waals surface area contributed by atoms with E-state index >= 15 is 0 Å². The Hall–Kier alpha value is -3.67. The van der Waals surface area contributed by atoms with E-state index in [0.717, 1.165) is 16.7 Å². The summed E-state index contributed by atoms with van der Waals surface area (Å²) in [6.07, 6.45) is 3.91. The van der Waals surface area contributed by atoms with Gasteiger partial charge in [-0.2, -0.15) is 0 Å². The monoisotopic (exact) mass is 472 g/mol. The molecule has 182 valence electrons. The maximum absolute atomic E-state index is 13.1. The minimum absolute atomic E-state index is 0.0462. The van der Waals surface area contributed by atoms with Gasteiger partial charge in [0, 0.05) is 25.4 Å². The first-order valence-electron chi connectivity index (χ1n) is 11.9. The highest BCUT2D eigenvalue weighted by Gasteiger charge is 2.34. The molecular formula is C29H32N2O4. The molecule has 0 bridgehead atoms. The summed E-state index contributed by atoms with van der Waals surface area (Å²) < 4.78 is 11.4. The average molecular weight is 473 g/mol. The second-order valence-electron chi connectivity index (χ2n) is 9.86. The molecule has 1 aliphatic rings. The quantitative estimate of drug-likeness (QED) is 0.418. The maximum atomic E-state index is 13.1. The lowest BCUT2D eigenvalue weighted by atomic mass is 9.98. The number of carbonyl (C=O) groups excluding carboxylic acids is 2. The van der Waals surface area contributed by atoms with Crippen LogP contribution in [0.25, 0.3) is 11.1 Å². The summed E-state index contributed by atoms with van der Waals surface area (Å²) in [6.45, 7) is 5.64. The fourth-order valence-corrected chi connectivity index (χ4v) is 4.51. The number of hydrogen-bond donors (Lipinski definition) is 0. The molecular weight excluding hydrogens is 440 g/mol. The van der Waals surface area contributed by atoms with Crippen molar-refractivity contribution in [1.29, 1.82) is 0 Å². The molecule has 0 aliphatic heterocycles. The lowest BCUT2D eigenvalue weighted by Crippen LogP contribution is -2.46. The molecule has 1 atom stereocenters. The second-order valence-corrected chi connectivity index (χ2v) is 9.86. The molecule has 0 radical (unpaired) electrons. The number of likely N-dealkylation sites (N-methyl/N-ethyl adjacent to an activating group) is 1. The number of rotatable bonds is 7. The van der Waals surface area contributed by atoms with Crippen LogP contribution in [0.5, 0.6) is 0 Å². The maximum Gasteiger partial charge on any atom is 0.410 e. The molecule has 6 nitrogen and oxygen atoms in total. The van der Waals surface area contributed by atoms with E-state index in [9.17, 15) is 9.59 Å². The number of fused-ring (bicyclic) bond motifs is 3. The normalized spacial score (nSPS) is 13.5. The van der Waals surface area contributed by atoms with Crippen LogP contribution in [-0.2, 0) is 20.7 Å². The predicted octanol–water partition coefficient (Wildman–Crippen LogP) is 5.61. The molecule has 0 unspecified atom stereocenters. The molecule has 2 aromatic carbocycles. The van der Waals surface area contributed by atoms with E-state index in [1.54, 1.807) is 19.4 Å². The highest BCUT2D eigenvalue weighted by Crippen LogP contribution is 2.44. The number of benzene rings is 2. The van der Waals surface area contributed by atoms with E-state index in [2.05, 4.69) is 29.2 Å². The molecule has 0 N–H and O–H groups in total. The Labute approximate surface area is 206 Å². The SMILES string of the molecule is CN(C(=O)OCC1c2ccccc2-c2ccccc21)[C@@H](CCc1cccnc1)C(=O)OC(C)(C)C. The number of carbonyl (C=O) groups is 2. The fraction of sp³-hybridized carbons (Fsp3) is 0.345. The van der Waals surface area contributed by atoms with Gasteiger partial charge in [-0.1, -0.05) is 54.6 Å². The summed E-state index contributed by atoms with van der Waals surface area (Å²) in [5.41, 5.74) is 4.95. The number of aryl methyl sites for hydroxylation is 1. The fourth-order valence-electron chi connectivity index (χ4n) is 4.51. The number of aromatic nitrogens is 1. The van der Waals surface area contributed by atoms with E-state index in [4.69, 9.17) is 9.47 Å². The minimum Gasteiger partial charge on any atom is -0.458 e. The number of nitrogens with zero attached hydrogens (tertiary/aromatic N) is 2. The molecule has 0 saturated carbocycles. The van der Waals surface area contributed by atoms with Crippen LogP contribution in [-0.4, -0.2) is 47.2 Å². The van der Waals surface area contributed by atoms with E-state index in [1.165, 1.54) is 16.0 Å². The molecule has 1 aliphatic carbocycles. The van der Waals surface area contributed by atoms with Crippen LogP contribution in [0.2, 0.25) is 0 Å². The van der Waals surface area contributed by atoms with Gasteiger partial charge in [-0.15, -0.1) is 0 Å². The number of amides is 1. The number of pyridine rings is 1. The summed E-state index contributed by atoms with van der Waals surface area (Å²) in [7, 11) is 1.59. The third-order valence-corrected chi connectivity index (χ3v) is 6.20. The van der Waals surface area contributed by atoms with E-state index < -0.39 is 23.7 Å². The zero-order valence-electron chi connectivity index (χ0n) is 20.7. The van der Waals surface area contributed by atoms with Crippen molar-refractivity contribution in [1.82, 2.24) is 9.88 Å². The summed E-state index contributed by atoms with van der Waals surface area (Å²) in [5, 5.41) is 0. The highest BCUT2D eigenvalue weighted by atomic mass is 16.6. The number of ether oxygens (including phenoxy) is 2. The van der Waals surface area contributed by atoms with Crippen molar-refractivity contribution in [3.05, 3.63) is 89.7 Å². The van der Waals surface area contributed by atoms with Crippen LogP contribution in [0.3, 0.4) is 0 Å². The second kappa shape index (κ2) is 10.3. The largest absolute Gasteiger partial charge is 0.458 e. The molecule has 4 rings (SSSR count). The molecule has 1 heterocycles. The van der Waals surface area contributed by atoms with Crippen LogP contribution in [0.1, 0.15) is 49.8 Å². The van der Waals surface area contributed by atoms with Gasteiger partial charge in [-0.25, -0.2) is 9.59 Å². The van der Waals surface area contributed by atoms with Gasteiger partial charge in [0.2, 0.25) is 0 Å². The molecule has 6 heteroatoms. The van der Waals surface area contributed by atoms with Gasteiger partial charge < -0.3 is 9.47 Å². The average Bonchev–Trinajstić information content (AvgIpc) is 3.16. The Morgan fingerprint density at radius 2 is 1.60 bits per heavy atom. The van der Waals surface area contributed by atoms with Gasteiger partial charge in [0.05, 0.1) is 0 Å². The van der Waals surface area contributed by atoms with Crippen LogP contribution < -0.4 is 0 Å². The van der Waals surface area contributed by atoms with Crippen molar-refractivity contribution < 1.29 is 19.1 Å². The summed E-state index contributed by atoms with van der Waals surface area (Å²) in [4.78, 5) is 31.7. The van der Waals surface area contributed by atoms with Crippen molar-refractivity contribution >= 4 is 12.1 Å². The Bertz CT molecular complexity index is 1140. The smallest absolute Gasteiger partial charge is 0.410 e. The van der Waals surface area contributed by atoms with E-state index in [0.29, 0.717) is 12.8 Å². The zero-order chi connectivity index (χ0) is 25.0. The lowest BCUT2D eigenvalue weighted by Gasteiger charge is -2.30. The van der Waals surface area contributed by atoms with Gasteiger partial charge in [0.25, 0.3) is 0 Å². The third-order valence-electron chi connectivity index (χ3n) is 6.20. The Balaban J connectivity index is 1.47. The van der Waals surface area contributed by atoms with Crippen molar-refractivity contribution in [3.63, 3.8) is 0 Å². The van der Waals surface area contributed by atoms with Crippen LogP contribution >= 0.6 is 0 Å². The first kappa shape index (κ1) is 24.5. The van der Waals surface area contributed by atoms with Crippen LogP contribution in [0, 0.1) is 0 Å². The van der Waals surface area contributed by atoms with Crippen LogP contribution in [0.15, 0.2) is 73.1 Å². The van der Waals surface area contributed by atoms with E-state index in [1.807, 2.05) is 57.2 Å². The van der Waals surface area contributed by atoms with Gasteiger partial charge in [-0.3, -0.25) is 9.88 Å². The third kappa shape index (κ3) is 5.70. The van der Waals surface area contributed by atoms with Gasteiger partial charge >= 0.3 is 12.1 Å². The molecule has 1 amide bonds. The molecule has 0 fully saturated rings. The zero-order valence-corrected chi connectivity index (χ0v) is 20.7. The summed E-state index contributed by atoms with van der Waals surface area (Å²) in [5.74, 6) is -0.493. The first-order chi connectivity index (χ1) is 16.7. The summed E-state index contributed by atoms with van der Waals surface area (Å²) in [6, 6.07) is 19.4. The lowest BCUT2D eigenvalue weighted by molar-refractivity contribution is -0.160. The van der Waals surface area contributed by atoms with Crippen molar-refractivity contribution in [2.75, 3.05) is 13.7 Å². The Morgan fingerprint density at radius 3 is 2.17 bits per heavy atom. The van der Waals surface area contributed by atoms with Crippen molar-refractivity contribution in [3.8, 4) is 11.1 Å². The molecule has 0 spiro atoms. The first-order valence-corrected chi connectivity index (χ1v) is 11.9. The van der Waals surface area contributed by atoms with Crippen LogP contribution in [0.4, 0.5) is 4.79 Å². The van der Waals surface area contributed by atoms with Gasteiger partial charge in [0.1, 0.15) is 18.2 Å². The summed E-state index contributed by atoms with van der Waals surface area (Å²) >= 11 is 0. The Kier molecular flexibility index (Phi) is 7.20. The Morgan fingerprint density at radius 1 is 0.971 bits per heavy atom. The minimum atomic E-state index is -0.773. The van der Waals surface area contributed by atoms with E-state index in [-0.39, 0.29) is 12.5 Å². The van der Waals surface area contributed by atoms with Gasteiger partial charge in [0.15, 0.2) is 0 Å². The predicted molar refractivity (Wildman–Crippen MR) is 135 cm³/mol. The molecule has 35 heavy (non-hydrogen) atoms. The van der Waals surface area contributed by atoms with Crippen molar-refractivity contribution in [2.45, 2.75) is 51.2 Å². The number of esters is 1. The molecule has 3 aromatic rings. The van der Waals surface area contributed by atoms with Crippen molar-refractivity contribution in [2.24, 2.45) is 0 Å². The topological polar surface area (TPSA) is 68.7 Å². The molecule has 0 saturated heterocycles. The molecule has 1 aromatic heterocycles. The van der Waals surface area contributed by atoms with Gasteiger partial charge in [-0.05, 0) is 67.5 Å². The standard InChI is InChI=1S/C29H32N2O4/c1-29(2,3)35-27(32)26(16-15-20-10-9-17-30-18-20)31(4)28(33)34-19-25-23-13-7-5-11-21(23)22-12-6-8-14-24(22)25/h5-14,17-18,25-26H,15-16,19H2,1-4H3/t26-/m0/s1. The number of hydrogen-bond acceptors (Lipinski definition) is 5. The highest BCUT2D eigenvalue weighted by molar-refractivity contribution is 5.82.